The summed E-state index contributed by atoms with van der Waals surface area (Å²) >= 11 is 0. The molecule has 0 atom stereocenters. The molecule has 4 heteroatoms. The second-order valence-corrected chi connectivity index (χ2v) is 1.86. The molecule has 1 aromatic rings. The fraction of sp³-hybridized carbons (Fsp3) is 0.167. The van der Waals surface area contributed by atoms with E-state index >= 15 is 0 Å². The number of aromatic nitrogens is 1. The van der Waals surface area contributed by atoms with Gasteiger partial charge >= 0.3 is 0 Å². The maximum atomic E-state index is 11.9. The molecule has 0 spiro atoms. The van der Waals surface area contributed by atoms with Crippen molar-refractivity contribution in [3.63, 3.8) is 0 Å². The monoisotopic (exact) mass is 142 g/mol. The highest BCUT2D eigenvalue weighted by Gasteiger charge is 1.95. The number of pyridine rings is 1. The fourth-order valence-corrected chi connectivity index (χ4v) is 0.650. The van der Waals surface area contributed by atoms with Crippen LogP contribution in [0.1, 0.15) is 0 Å². The summed E-state index contributed by atoms with van der Waals surface area (Å²) < 4.78 is 12.8. The molecule has 1 aromatic heterocycles. The fourth-order valence-electron chi connectivity index (χ4n) is 0.650. The number of hydrogen-bond donors (Lipinski definition) is 1. The third-order valence-electron chi connectivity index (χ3n) is 1.18. The Morgan fingerprint density at radius 2 is 2.40 bits per heavy atom. The van der Waals surface area contributed by atoms with E-state index in [2.05, 4.69) is 0 Å². The molecule has 0 radical (unpaired) electrons. The number of nitrogens with two attached hydrogens (primary N) is 1. The van der Waals surface area contributed by atoms with E-state index in [1.807, 2.05) is 0 Å². The summed E-state index contributed by atoms with van der Waals surface area (Å²) in [5, 5.41) is 0. The lowest BCUT2D eigenvalue weighted by Gasteiger charge is -1.97. The number of alkyl halides is 1. The zero-order valence-corrected chi connectivity index (χ0v) is 5.25. The summed E-state index contributed by atoms with van der Waals surface area (Å²) in [4.78, 5) is 10.8. The lowest BCUT2D eigenvalue weighted by molar-refractivity contribution is 0.369. The van der Waals surface area contributed by atoms with E-state index < -0.39 is 12.4 Å². The maximum absolute atomic E-state index is 11.9. The van der Waals surface area contributed by atoms with Crippen molar-refractivity contribution >= 4 is 5.69 Å². The van der Waals surface area contributed by atoms with E-state index in [1.54, 1.807) is 0 Å². The Balaban J connectivity index is 3.28. The molecule has 0 saturated carbocycles. The van der Waals surface area contributed by atoms with Crippen LogP contribution in [0, 0.1) is 0 Å². The van der Waals surface area contributed by atoms with Crippen LogP contribution in [0.3, 0.4) is 0 Å². The van der Waals surface area contributed by atoms with Gasteiger partial charge in [0.25, 0.3) is 5.56 Å². The first-order valence-corrected chi connectivity index (χ1v) is 2.76. The number of nitrogen functional groups attached to an aromatic ring is 1. The van der Waals surface area contributed by atoms with Gasteiger partial charge in [-0.1, -0.05) is 0 Å². The topological polar surface area (TPSA) is 48.0 Å². The minimum atomic E-state index is -0.829. The highest BCUT2D eigenvalue weighted by molar-refractivity contribution is 5.33. The molecule has 0 aliphatic rings. The second kappa shape index (κ2) is 2.51. The quantitative estimate of drug-likeness (QED) is 0.615. The van der Waals surface area contributed by atoms with Crippen LogP contribution < -0.4 is 11.3 Å². The van der Waals surface area contributed by atoms with Gasteiger partial charge in [-0.05, 0) is 12.1 Å². The van der Waals surface area contributed by atoms with Gasteiger partial charge in [0.15, 0.2) is 6.80 Å². The average Bonchev–Trinajstić information content (AvgIpc) is 1.95. The van der Waals surface area contributed by atoms with Gasteiger partial charge in [-0.15, -0.1) is 0 Å². The number of halogens is 1. The maximum Gasteiger partial charge on any atom is 0.275 e. The van der Waals surface area contributed by atoms with Gasteiger partial charge in [0.05, 0.1) is 5.69 Å². The van der Waals surface area contributed by atoms with E-state index in [9.17, 15) is 9.18 Å². The van der Waals surface area contributed by atoms with Crippen molar-refractivity contribution in [3.05, 3.63) is 28.7 Å². The molecule has 0 aliphatic heterocycles. The predicted octanol–water partition coefficient (Wildman–Crippen LogP) is 0.358. The van der Waals surface area contributed by atoms with Crippen LogP contribution in [-0.4, -0.2) is 4.57 Å². The molecule has 0 fully saturated rings. The molecule has 0 bridgehead atoms. The highest BCUT2D eigenvalue weighted by atomic mass is 19.1. The third kappa shape index (κ3) is 1.00. The average molecular weight is 142 g/mol. The molecular formula is C6H7FN2O. The Kier molecular flexibility index (Phi) is 1.71. The van der Waals surface area contributed by atoms with E-state index in [1.165, 1.54) is 18.3 Å². The Morgan fingerprint density at radius 3 is 2.90 bits per heavy atom. The number of hydrogen-bond acceptors (Lipinski definition) is 2. The molecule has 0 aromatic carbocycles. The van der Waals surface area contributed by atoms with Gasteiger partial charge in [0.1, 0.15) is 0 Å². The summed E-state index contributed by atoms with van der Waals surface area (Å²) in [5.74, 6) is 0. The molecule has 0 unspecified atom stereocenters. The van der Waals surface area contributed by atoms with Crippen molar-refractivity contribution in [3.8, 4) is 0 Å². The van der Waals surface area contributed by atoms with Gasteiger partial charge in [-0.2, -0.15) is 0 Å². The number of nitrogens with zero attached hydrogens (tertiary/aromatic N) is 1. The third-order valence-corrected chi connectivity index (χ3v) is 1.18. The molecule has 3 nitrogen and oxygen atoms in total. The van der Waals surface area contributed by atoms with Crippen LogP contribution in [0.15, 0.2) is 23.1 Å². The van der Waals surface area contributed by atoms with Gasteiger partial charge in [-0.3, -0.25) is 9.36 Å². The second-order valence-electron chi connectivity index (χ2n) is 1.86. The molecule has 54 valence electrons. The highest BCUT2D eigenvalue weighted by Crippen LogP contribution is 1.90. The minimum absolute atomic E-state index is 0.0696. The molecule has 0 amide bonds. The molecule has 10 heavy (non-hydrogen) atoms. The Bertz CT molecular complexity index is 281. The zero-order chi connectivity index (χ0) is 7.56. The minimum Gasteiger partial charge on any atom is -0.394 e. The van der Waals surface area contributed by atoms with Gasteiger partial charge in [0, 0.05) is 6.20 Å². The molecule has 1 heterocycles. The van der Waals surface area contributed by atoms with Crippen LogP contribution in [0.5, 0.6) is 0 Å². The molecule has 1 rings (SSSR count). The van der Waals surface area contributed by atoms with Crippen LogP contribution in [0.4, 0.5) is 10.1 Å². The summed E-state index contributed by atoms with van der Waals surface area (Å²) in [5.41, 5.74) is 4.78. The molecule has 0 saturated heterocycles. The van der Waals surface area contributed by atoms with E-state index in [4.69, 9.17) is 5.73 Å². The van der Waals surface area contributed by atoms with Crippen molar-refractivity contribution in [1.29, 1.82) is 0 Å². The first-order valence-electron chi connectivity index (χ1n) is 2.76. The van der Waals surface area contributed by atoms with Gasteiger partial charge in [-0.25, -0.2) is 4.39 Å². The first-order chi connectivity index (χ1) is 4.75. The summed E-state index contributed by atoms with van der Waals surface area (Å²) in [6.45, 7) is -0.829. The lowest BCUT2D eigenvalue weighted by atomic mass is 10.4. The molecule has 0 aliphatic carbocycles. The van der Waals surface area contributed by atoms with Crippen LogP contribution in [0.25, 0.3) is 0 Å². The van der Waals surface area contributed by atoms with Crippen LogP contribution in [-0.2, 0) is 6.80 Å². The normalized spacial score (nSPS) is 9.70. The molecule has 2 N–H and O–H groups in total. The Hall–Kier alpha value is -1.32. The SMILES string of the molecule is Nc1cccn(CF)c1=O. The summed E-state index contributed by atoms with van der Waals surface area (Å²) in [6, 6.07) is 2.96. The number of anilines is 1. The smallest absolute Gasteiger partial charge is 0.275 e. The van der Waals surface area contributed by atoms with Crippen molar-refractivity contribution in [1.82, 2.24) is 4.57 Å². The Morgan fingerprint density at radius 1 is 1.70 bits per heavy atom. The van der Waals surface area contributed by atoms with Crippen LogP contribution >= 0.6 is 0 Å². The predicted molar refractivity (Wildman–Crippen MR) is 36.2 cm³/mol. The first kappa shape index (κ1) is 6.80. The largest absolute Gasteiger partial charge is 0.394 e. The van der Waals surface area contributed by atoms with Gasteiger partial charge in [0.2, 0.25) is 0 Å². The molecular weight excluding hydrogens is 135 g/mol. The summed E-state index contributed by atoms with van der Waals surface area (Å²) in [6.07, 6.45) is 1.35. The summed E-state index contributed by atoms with van der Waals surface area (Å²) in [7, 11) is 0. The zero-order valence-electron chi connectivity index (χ0n) is 5.25. The van der Waals surface area contributed by atoms with Crippen LogP contribution in [0.2, 0.25) is 0 Å². The van der Waals surface area contributed by atoms with Crippen molar-refractivity contribution in [2.45, 2.75) is 6.80 Å². The van der Waals surface area contributed by atoms with Crippen molar-refractivity contribution in [2.75, 3.05) is 5.73 Å². The number of rotatable bonds is 1. The van der Waals surface area contributed by atoms with Crippen molar-refractivity contribution < 1.29 is 4.39 Å². The van der Waals surface area contributed by atoms with Gasteiger partial charge < -0.3 is 5.73 Å². The van der Waals surface area contributed by atoms with E-state index in [0.717, 1.165) is 4.57 Å². The van der Waals surface area contributed by atoms with E-state index in [-0.39, 0.29) is 5.69 Å². The van der Waals surface area contributed by atoms with Crippen molar-refractivity contribution in [2.24, 2.45) is 0 Å². The standard InChI is InChI=1S/C6H7FN2O/c7-4-9-3-1-2-5(8)6(9)10/h1-3H,4,8H2. The van der Waals surface area contributed by atoms with E-state index in [0.29, 0.717) is 0 Å². The Labute approximate surface area is 56.9 Å². The lowest BCUT2D eigenvalue weighted by Crippen LogP contribution is -2.20.